The van der Waals surface area contributed by atoms with Gasteiger partial charge in [0.05, 0.1) is 0 Å². The van der Waals surface area contributed by atoms with Gasteiger partial charge in [0.2, 0.25) is 0 Å². The highest BCUT2D eigenvalue weighted by Crippen LogP contribution is 2.31. The molecule has 3 nitrogen and oxygen atoms in total. The van der Waals surface area contributed by atoms with E-state index < -0.39 is 0 Å². The first-order chi connectivity index (χ1) is 6.31. The minimum atomic E-state index is 0.270. The fourth-order valence-electron chi connectivity index (χ4n) is 2.43. The summed E-state index contributed by atoms with van der Waals surface area (Å²) in [5.74, 6) is 1.37. The van der Waals surface area contributed by atoms with Crippen molar-refractivity contribution < 1.29 is 4.79 Å². The van der Waals surface area contributed by atoms with E-state index in [9.17, 15) is 4.79 Å². The van der Waals surface area contributed by atoms with Gasteiger partial charge in [-0.3, -0.25) is 4.79 Å². The fraction of sp³-hybridized carbons (Fsp3) is 0.700. The van der Waals surface area contributed by atoms with Gasteiger partial charge in [-0.05, 0) is 37.4 Å². The number of allylic oxidation sites excluding steroid dienone is 1. The minimum absolute atomic E-state index is 0.270. The largest absolute Gasteiger partial charge is 0.330 e. The highest BCUT2D eigenvalue weighted by Gasteiger charge is 2.36. The van der Waals surface area contributed by atoms with Crippen molar-refractivity contribution >= 4 is 5.78 Å². The molecule has 2 rings (SSSR count). The van der Waals surface area contributed by atoms with Gasteiger partial charge in [0, 0.05) is 12.5 Å². The summed E-state index contributed by atoms with van der Waals surface area (Å²) in [7, 11) is 0. The van der Waals surface area contributed by atoms with E-state index in [4.69, 9.17) is 5.73 Å². The summed E-state index contributed by atoms with van der Waals surface area (Å²) >= 11 is 0. The van der Waals surface area contributed by atoms with Crippen LogP contribution in [0.3, 0.4) is 0 Å². The summed E-state index contributed by atoms with van der Waals surface area (Å²) in [6, 6.07) is 0.425. The van der Waals surface area contributed by atoms with Gasteiger partial charge >= 0.3 is 0 Å². The van der Waals surface area contributed by atoms with Gasteiger partial charge < -0.3 is 11.1 Å². The predicted octanol–water partition coefficient (Wildman–Crippen LogP) is 0.0684. The van der Waals surface area contributed by atoms with Gasteiger partial charge in [0.1, 0.15) is 0 Å². The SMILES string of the molecule is NCCC1CNC2C=CC(=O)CC12. The molecule has 2 aliphatic rings. The normalized spacial score (nSPS) is 37.9. The average molecular weight is 180 g/mol. The van der Waals surface area contributed by atoms with Crippen molar-refractivity contribution in [2.45, 2.75) is 18.9 Å². The Kier molecular flexibility index (Phi) is 2.47. The average Bonchev–Trinajstić information content (AvgIpc) is 2.49. The molecule has 0 amide bonds. The van der Waals surface area contributed by atoms with Gasteiger partial charge in [0.15, 0.2) is 5.78 Å². The monoisotopic (exact) mass is 180 g/mol. The Bertz CT molecular complexity index is 237. The van der Waals surface area contributed by atoms with Crippen molar-refractivity contribution in [3.8, 4) is 0 Å². The number of fused-ring (bicyclic) bond motifs is 1. The molecule has 0 saturated carbocycles. The van der Waals surface area contributed by atoms with Crippen molar-refractivity contribution in [1.82, 2.24) is 5.32 Å². The molecule has 72 valence electrons. The number of carbonyl (C=O) groups is 1. The Hall–Kier alpha value is -0.670. The number of rotatable bonds is 2. The van der Waals surface area contributed by atoms with Gasteiger partial charge in [-0.15, -0.1) is 0 Å². The summed E-state index contributed by atoms with van der Waals surface area (Å²) < 4.78 is 0. The number of ketones is 1. The van der Waals surface area contributed by atoms with Crippen LogP contribution in [0.1, 0.15) is 12.8 Å². The van der Waals surface area contributed by atoms with Crippen LogP contribution in [0, 0.1) is 11.8 Å². The molecular weight excluding hydrogens is 164 g/mol. The first-order valence-electron chi connectivity index (χ1n) is 4.95. The van der Waals surface area contributed by atoms with Crippen molar-refractivity contribution in [2.75, 3.05) is 13.1 Å². The lowest BCUT2D eigenvalue weighted by molar-refractivity contribution is -0.116. The van der Waals surface area contributed by atoms with Crippen molar-refractivity contribution in [3.63, 3.8) is 0 Å². The molecule has 1 fully saturated rings. The van der Waals surface area contributed by atoms with Crippen LogP contribution in [-0.4, -0.2) is 24.9 Å². The number of hydrogen-bond acceptors (Lipinski definition) is 3. The van der Waals surface area contributed by atoms with Crippen LogP contribution in [-0.2, 0) is 4.79 Å². The van der Waals surface area contributed by atoms with Crippen molar-refractivity contribution in [3.05, 3.63) is 12.2 Å². The van der Waals surface area contributed by atoms with E-state index in [1.807, 2.05) is 6.08 Å². The quantitative estimate of drug-likeness (QED) is 0.632. The van der Waals surface area contributed by atoms with E-state index in [2.05, 4.69) is 5.32 Å². The third-order valence-electron chi connectivity index (χ3n) is 3.15. The molecule has 0 aromatic rings. The Morgan fingerprint density at radius 1 is 1.62 bits per heavy atom. The Balaban J connectivity index is 2.05. The summed E-state index contributed by atoms with van der Waals surface area (Å²) in [5.41, 5.74) is 5.53. The van der Waals surface area contributed by atoms with Crippen LogP contribution < -0.4 is 11.1 Å². The van der Waals surface area contributed by atoms with Crippen LogP contribution in [0.2, 0.25) is 0 Å². The standard InChI is InChI=1S/C10H16N2O/c11-4-3-7-6-12-10-2-1-8(13)5-9(7)10/h1-2,7,9-10,12H,3-6,11H2. The molecule has 0 radical (unpaired) electrons. The molecule has 3 N–H and O–H groups in total. The Labute approximate surface area is 78.4 Å². The highest BCUT2D eigenvalue weighted by molar-refractivity contribution is 5.91. The predicted molar refractivity (Wildman–Crippen MR) is 51.2 cm³/mol. The van der Waals surface area contributed by atoms with Crippen LogP contribution >= 0.6 is 0 Å². The van der Waals surface area contributed by atoms with E-state index in [-0.39, 0.29) is 5.78 Å². The third-order valence-corrected chi connectivity index (χ3v) is 3.15. The number of carbonyl (C=O) groups excluding carboxylic acids is 1. The van der Waals surface area contributed by atoms with E-state index >= 15 is 0 Å². The molecule has 0 bridgehead atoms. The second kappa shape index (κ2) is 3.60. The molecule has 3 heteroatoms. The van der Waals surface area contributed by atoms with Crippen LogP contribution in [0.15, 0.2) is 12.2 Å². The fourth-order valence-corrected chi connectivity index (χ4v) is 2.43. The van der Waals surface area contributed by atoms with Crippen molar-refractivity contribution in [2.24, 2.45) is 17.6 Å². The summed E-state index contributed by atoms with van der Waals surface area (Å²) in [6.07, 6.45) is 5.46. The first kappa shape index (κ1) is 8.91. The number of hydrogen-bond donors (Lipinski definition) is 2. The topological polar surface area (TPSA) is 55.1 Å². The van der Waals surface area contributed by atoms with Gasteiger partial charge in [-0.1, -0.05) is 6.08 Å². The summed E-state index contributed by atoms with van der Waals surface area (Å²) in [6.45, 7) is 1.75. The lowest BCUT2D eigenvalue weighted by atomic mass is 9.81. The number of nitrogens with one attached hydrogen (secondary N) is 1. The van der Waals surface area contributed by atoms with Crippen LogP contribution in [0.25, 0.3) is 0 Å². The lowest BCUT2D eigenvalue weighted by Crippen LogP contribution is -2.30. The maximum Gasteiger partial charge on any atom is 0.155 e. The second-order valence-corrected chi connectivity index (χ2v) is 3.96. The number of nitrogens with two attached hydrogens (primary N) is 1. The second-order valence-electron chi connectivity index (χ2n) is 3.96. The van der Waals surface area contributed by atoms with Gasteiger partial charge in [0.25, 0.3) is 0 Å². The molecule has 13 heavy (non-hydrogen) atoms. The zero-order valence-corrected chi connectivity index (χ0v) is 7.70. The third kappa shape index (κ3) is 1.67. The molecule has 1 aliphatic carbocycles. The molecule has 3 unspecified atom stereocenters. The molecule has 1 saturated heterocycles. The minimum Gasteiger partial charge on any atom is -0.330 e. The molecular formula is C10H16N2O. The smallest absolute Gasteiger partial charge is 0.155 e. The van der Waals surface area contributed by atoms with E-state index in [1.54, 1.807) is 6.08 Å². The summed E-state index contributed by atoms with van der Waals surface area (Å²) in [4.78, 5) is 11.2. The van der Waals surface area contributed by atoms with Gasteiger partial charge in [-0.2, -0.15) is 0 Å². The molecule has 0 aromatic carbocycles. The zero-order chi connectivity index (χ0) is 9.26. The molecule has 0 spiro atoms. The Morgan fingerprint density at radius 3 is 3.23 bits per heavy atom. The molecule has 0 aromatic heterocycles. The van der Waals surface area contributed by atoms with Gasteiger partial charge in [-0.25, -0.2) is 0 Å². The zero-order valence-electron chi connectivity index (χ0n) is 7.70. The maximum absolute atomic E-state index is 11.2. The van der Waals surface area contributed by atoms with E-state index in [0.717, 1.165) is 19.5 Å². The summed E-state index contributed by atoms with van der Waals surface area (Å²) in [5, 5.41) is 3.42. The lowest BCUT2D eigenvalue weighted by Gasteiger charge is -2.23. The molecule has 3 atom stereocenters. The van der Waals surface area contributed by atoms with Crippen LogP contribution in [0.4, 0.5) is 0 Å². The highest BCUT2D eigenvalue weighted by atomic mass is 16.1. The van der Waals surface area contributed by atoms with E-state index in [1.165, 1.54) is 0 Å². The first-order valence-corrected chi connectivity index (χ1v) is 4.95. The molecule has 1 aliphatic heterocycles. The Morgan fingerprint density at radius 2 is 2.46 bits per heavy atom. The van der Waals surface area contributed by atoms with Crippen molar-refractivity contribution in [1.29, 1.82) is 0 Å². The van der Waals surface area contributed by atoms with Crippen LogP contribution in [0.5, 0.6) is 0 Å². The molecule has 1 heterocycles. The van der Waals surface area contributed by atoms with E-state index in [0.29, 0.717) is 24.3 Å². The maximum atomic E-state index is 11.2.